The minimum atomic E-state index is -4.49. The number of ether oxygens (including phenoxy) is 3. The Morgan fingerprint density at radius 1 is 1.14 bits per heavy atom. The predicted octanol–water partition coefficient (Wildman–Crippen LogP) is 4.88. The van der Waals surface area contributed by atoms with Crippen LogP contribution >= 0.6 is 11.3 Å². The van der Waals surface area contributed by atoms with Crippen LogP contribution in [0.15, 0.2) is 76.5 Å². The quantitative estimate of drug-likeness (QED) is 0.318. The number of methoxy groups -OCH3 is 1. The van der Waals surface area contributed by atoms with Crippen molar-refractivity contribution < 1.29 is 32.2 Å². The molecule has 1 aromatic heterocycles. The summed E-state index contributed by atoms with van der Waals surface area (Å²) in [6, 6.07) is 16.7. The standard InChI is InChI=1S/C31H25F3N2O5S/c1-17(37)26-27-22-9-4-5-10-24(22)41-30(26,2)35-29-36(27)28(38)25(42-29)14-18-11-12-23(39-3)19(13-18)16-40-21-8-6-7-20(15-21)31(32,33)34/h4-15,26-27H,16H2,1-3H3/b25-14+. The van der Waals surface area contributed by atoms with Gasteiger partial charge in [-0.15, -0.1) is 0 Å². The van der Waals surface area contributed by atoms with E-state index in [9.17, 15) is 22.8 Å². The average Bonchev–Trinajstić information content (AvgIpc) is 3.24. The summed E-state index contributed by atoms with van der Waals surface area (Å²) in [5.74, 6) is 0.322. The van der Waals surface area contributed by atoms with E-state index in [-0.39, 0.29) is 23.7 Å². The number of Topliss-reactive ketones (excluding diaryl/α,β-unsaturated/α-hetero) is 1. The van der Waals surface area contributed by atoms with Crippen LogP contribution in [0.2, 0.25) is 0 Å². The maximum absolute atomic E-state index is 13.8. The lowest BCUT2D eigenvalue weighted by molar-refractivity contribution is -0.137. The van der Waals surface area contributed by atoms with Crippen LogP contribution in [0.3, 0.4) is 0 Å². The number of ketones is 1. The molecule has 11 heteroatoms. The fourth-order valence-corrected chi connectivity index (χ4v) is 6.73. The molecule has 2 bridgehead atoms. The SMILES string of the molecule is COc1ccc(/C=c2/sc3n(c2=O)C2c4ccccc4OC(C)(N=3)C2C(C)=O)cc1COc1cccc(C(F)(F)F)c1. The first kappa shape index (κ1) is 27.8. The molecule has 0 N–H and O–H groups in total. The van der Waals surface area contributed by atoms with E-state index in [0.717, 1.165) is 17.7 Å². The number of benzene rings is 3. The fraction of sp³-hybridized carbons (Fsp3) is 0.258. The van der Waals surface area contributed by atoms with Crippen molar-refractivity contribution in [1.29, 1.82) is 0 Å². The maximum Gasteiger partial charge on any atom is 0.416 e. The lowest BCUT2D eigenvalue weighted by atomic mass is 9.79. The van der Waals surface area contributed by atoms with Crippen molar-refractivity contribution in [2.75, 3.05) is 7.11 Å². The summed E-state index contributed by atoms with van der Waals surface area (Å²) in [7, 11) is 1.48. The molecule has 7 nitrogen and oxygen atoms in total. The number of nitrogens with zero attached hydrogens (tertiary/aromatic N) is 2. The van der Waals surface area contributed by atoms with E-state index in [0.29, 0.717) is 32.0 Å². The Balaban J connectivity index is 1.39. The summed E-state index contributed by atoms with van der Waals surface area (Å²) in [6.07, 6.45) is -2.77. The molecule has 3 heterocycles. The zero-order valence-corrected chi connectivity index (χ0v) is 23.6. The average molecular weight is 595 g/mol. The first-order valence-electron chi connectivity index (χ1n) is 13.1. The van der Waals surface area contributed by atoms with Crippen molar-refractivity contribution in [2.24, 2.45) is 10.9 Å². The van der Waals surface area contributed by atoms with Gasteiger partial charge in [-0.3, -0.25) is 14.2 Å². The van der Waals surface area contributed by atoms with Gasteiger partial charge in [-0.05, 0) is 61.9 Å². The van der Waals surface area contributed by atoms with Crippen LogP contribution in [0.5, 0.6) is 17.2 Å². The molecule has 0 spiro atoms. The number of hydrogen-bond acceptors (Lipinski definition) is 7. The Labute approximate surface area is 242 Å². The Morgan fingerprint density at radius 3 is 2.67 bits per heavy atom. The topological polar surface area (TPSA) is 79.1 Å². The van der Waals surface area contributed by atoms with Crippen molar-refractivity contribution in [3.63, 3.8) is 0 Å². The highest BCUT2D eigenvalue weighted by Crippen LogP contribution is 2.47. The van der Waals surface area contributed by atoms with Gasteiger partial charge >= 0.3 is 6.18 Å². The lowest BCUT2D eigenvalue weighted by Crippen LogP contribution is -2.58. The monoisotopic (exact) mass is 594 g/mol. The minimum Gasteiger partial charge on any atom is -0.496 e. The second kappa shape index (κ2) is 10.2. The van der Waals surface area contributed by atoms with Crippen LogP contribution in [0.25, 0.3) is 6.08 Å². The molecule has 0 aliphatic carbocycles. The Hall–Kier alpha value is -4.38. The number of alkyl halides is 3. The second-order valence-electron chi connectivity index (χ2n) is 10.3. The number of carbonyl (C=O) groups is 1. The van der Waals surface area contributed by atoms with Crippen LogP contribution in [-0.4, -0.2) is 23.2 Å². The van der Waals surface area contributed by atoms with Gasteiger partial charge in [-0.1, -0.05) is 41.7 Å². The predicted molar refractivity (Wildman–Crippen MR) is 149 cm³/mol. The molecule has 2 aliphatic rings. The van der Waals surface area contributed by atoms with E-state index in [1.165, 1.54) is 37.5 Å². The molecule has 3 atom stereocenters. The van der Waals surface area contributed by atoms with Gasteiger partial charge in [-0.25, -0.2) is 4.99 Å². The fourth-order valence-electron chi connectivity index (χ4n) is 5.63. The third kappa shape index (κ3) is 4.77. The third-order valence-electron chi connectivity index (χ3n) is 7.48. The molecule has 6 rings (SSSR count). The highest BCUT2D eigenvalue weighted by molar-refractivity contribution is 7.07. The summed E-state index contributed by atoms with van der Waals surface area (Å²) < 4.78 is 58.7. The highest BCUT2D eigenvalue weighted by atomic mass is 32.1. The van der Waals surface area contributed by atoms with Gasteiger partial charge in [0, 0.05) is 11.1 Å². The number of para-hydroxylation sites is 1. The van der Waals surface area contributed by atoms with E-state index in [4.69, 9.17) is 19.2 Å². The first-order valence-corrected chi connectivity index (χ1v) is 13.9. The van der Waals surface area contributed by atoms with Crippen molar-refractivity contribution in [2.45, 2.75) is 38.4 Å². The molecule has 2 aliphatic heterocycles. The molecule has 216 valence electrons. The van der Waals surface area contributed by atoms with Gasteiger partial charge in [0.25, 0.3) is 5.56 Å². The molecule has 0 fully saturated rings. The second-order valence-corrected chi connectivity index (χ2v) is 11.3. The smallest absolute Gasteiger partial charge is 0.416 e. The van der Waals surface area contributed by atoms with E-state index in [2.05, 4.69) is 0 Å². The molecule has 4 aromatic rings. The summed E-state index contributed by atoms with van der Waals surface area (Å²) in [4.78, 5) is 31.9. The summed E-state index contributed by atoms with van der Waals surface area (Å²) in [5.41, 5.74) is -0.267. The van der Waals surface area contributed by atoms with Crippen LogP contribution in [0, 0.1) is 5.92 Å². The molecule has 0 amide bonds. The van der Waals surface area contributed by atoms with Crippen LogP contribution in [-0.2, 0) is 17.6 Å². The van der Waals surface area contributed by atoms with Crippen molar-refractivity contribution >= 4 is 23.2 Å². The van der Waals surface area contributed by atoms with Crippen LogP contribution in [0.4, 0.5) is 13.2 Å². The van der Waals surface area contributed by atoms with E-state index in [1.54, 1.807) is 35.8 Å². The Morgan fingerprint density at radius 2 is 1.93 bits per heavy atom. The van der Waals surface area contributed by atoms with Gasteiger partial charge in [0.05, 0.1) is 23.2 Å². The first-order chi connectivity index (χ1) is 20.0. The molecule has 42 heavy (non-hydrogen) atoms. The normalized spacial score (nSPS) is 21.0. The molecule has 3 unspecified atom stereocenters. The summed E-state index contributed by atoms with van der Waals surface area (Å²) in [5, 5.41) is 0. The zero-order chi connectivity index (χ0) is 29.8. The highest BCUT2D eigenvalue weighted by Gasteiger charge is 2.53. The van der Waals surface area contributed by atoms with Crippen LogP contribution in [0.1, 0.15) is 42.1 Å². The molecular formula is C31H25F3N2O5S. The number of halogens is 3. The van der Waals surface area contributed by atoms with Gasteiger partial charge < -0.3 is 14.2 Å². The van der Waals surface area contributed by atoms with Crippen LogP contribution < -0.4 is 29.1 Å². The van der Waals surface area contributed by atoms with Gasteiger partial charge in [0.1, 0.15) is 35.6 Å². The number of aromatic nitrogens is 1. The summed E-state index contributed by atoms with van der Waals surface area (Å²) in [6.45, 7) is 3.19. The van der Waals surface area contributed by atoms with Crippen molar-refractivity contribution in [3.05, 3.63) is 109 Å². The molecular weight excluding hydrogens is 569 g/mol. The molecule has 3 aromatic carbocycles. The third-order valence-corrected chi connectivity index (χ3v) is 8.46. The lowest BCUT2D eigenvalue weighted by Gasteiger charge is -2.45. The van der Waals surface area contributed by atoms with Crippen molar-refractivity contribution in [3.8, 4) is 17.2 Å². The van der Waals surface area contributed by atoms with E-state index in [1.807, 2.05) is 24.3 Å². The maximum atomic E-state index is 13.8. The number of fused-ring (bicyclic) bond motifs is 6. The zero-order valence-electron chi connectivity index (χ0n) is 22.8. The van der Waals surface area contributed by atoms with Crippen molar-refractivity contribution in [1.82, 2.24) is 4.57 Å². The van der Waals surface area contributed by atoms with Gasteiger partial charge in [-0.2, -0.15) is 13.2 Å². The van der Waals surface area contributed by atoms with E-state index >= 15 is 0 Å². The largest absolute Gasteiger partial charge is 0.496 e. The molecule has 0 saturated heterocycles. The van der Waals surface area contributed by atoms with Gasteiger partial charge in [0.15, 0.2) is 4.80 Å². The Kier molecular flexibility index (Phi) is 6.72. The minimum absolute atomic E-state index is 0.0593. The number of thiazole rings is 1. The number of carbonyl (C=O) groups excluding carboxylic acids is 1. The Bertz CT molecular complexity index is 1900. The van der Waals surface area contributed by atoms with Gasteiger partial charge in [0.2, 0.25) is 5.72 Å². The molecule has 0 saturated carbocycles. The van der Waals surface area contributed by atoms with E-state index < -0.39 is 29.4 Å². The molecule has 0 radical (unpaired) electrons. The number of rotatable bonds is 6. The summed E-state index contributed by atoms with van der Waals surface area (Å²) >= 11 is 1.20. The number of hydrogen-bond donors (Lipinski definition) is 0.